The molecule has 1 aromatic heterocycles. The van der Waals surface area contributed by atoms with Gasteiger partial charge in [-0.05, 0) is 18.6 Å². The van der Waals surface area contributed by atoms with Gasteiger partial charge in [-0.3, -0.25) is 9.69 Å². The molecule has 0 radical (unpaired) electrons. The van der Waals surface area contributed by atoms with E-state index >= 15 is 0 Å². The fourth-order valence-corrected chi connectivity index (χ4v) is 4.04. The van der Waals surface area contributed by atoms with Gasteiger partial charge in [0.2, 0.25) is 11.0 Å². The summed E-state index contributed by atoms with van der Waals surface area (Å²) in [4.78, 5) is 18.6. The van der Waals surface area contributed by atoms with Crippen LogP contribution in [0, 0.1) is 10.9 Å². The third-order valence-electron chi connectivity index (χ3n) is 4.73. The highest BCUT2D eigenvalue weighted by Crippen LogP contribution is 2.46. The fourth-order valence-electron chi connectivity index (χ4n) is 3.15. The Labute approximate surface area is 157 Å². The fraction of sp³-hybridized carbons (Fsp3) is 0.333. The lowest BCUT2D eigenvalue weighted by Gasteiger charge is -2.40. The first kappa shape index (κ1) is 19.3. The van der Waals surface area contributed by atoms with Gasteiger partial charge in [0.05, 0.1) is 5.92 Å². The number of carbonyl (C=O) groups excluding carboxylic acids is 1. The lowest BCUT2D eigenvalue weighted by molar-refractivity contribution is -0.130. The molecule has 0 bridgehead atoms. The van der Waals surface area contributed by atoms with E-state index in [0.717, 1.165) is 17.9 Å². The summed E-state index contributed by atoms with van der Waals surface area (Å²) in [5.74, 6) is -5.60. The number of nitrogens with zero attached hydrogens (tertiary/aromatic N) is 2. The van der Waals surface area contributed by atoms with E-state index in [9.17, 15) is 22.4 Å². The van der Waals surface area contributed by atoms with Crippen LogP contribution in [0.1, 0.15) is 35.8 Å². The lowest BCUT2D eigenvalue weighted by atomic mass is 9.77. The van der Waals surface area contributed by atoms with Crippen molar-refractivity contribution in [3.8, 4) is 0 Å². The number of aliphatic imine (C=N–C) groups is 1. The predicted molar refractivity (Wildman–Crippen MR) is 94.7 cm³/mol. The maximum absolute atomic E-state index is 13.6. The number of nitrogens with two attached hydrogens (primary N) is 1. The largest absolute Gasteiger partial charge is 0.369 e. The zero-order valence-corrected chi connectivity index (χ0v) is 15.6. The van der Waals surface area contributed by atoms with E-state index in [0.29, 0.717) is 16.9 Å². The van der Waals surface area contributed by atoms with Gasteiger partial charge in [0.25, 0.3) is 5.92 Å². The van der Waals surface area contributed by atoms with Crippen LogP contribution in [0.25, 0.3) is 0 Å². The number of benzene rings is 1. The summed E-state index contributed by atoms with van der Waals surface area (Å²) in [5, 5.41) is -1.02. The van der Waals surface area contributed by atoms with Crippen molar-refractivity contribution in [2.75, 3.05) is 7.05 Å². The highest BCUT2D eigenvalue weighted by molar-refractivity contribution is 7.10. The molecule has 1 amide bonds. The van der Waals surface area contributed by atoms with Crippen LogP contribution < -0.4 is 5.73 Å². The number of amides is 1. The lowest BCUT2D eigenvalue weighted by Crippen LogP contribution is -2.52. The molecule has 3 rings (SSSR count). The van der Waals surface area contributed by atoms with Crippen LogP contribution in [-0.4, -0.2) is 23.8 Å². The Morgan fingerprint density at radius 3 is 2.33 bits per heavy atom. The van der Waals surface area contributed by atoms with Crippen LogP contribution >= 0.6 is 11.3 Å². The molecule has 144 valence electrons. The normalized spacial score (nSPS) is 23.5. The van der Waals surface area contributed by atoms with Gasteiger partial charge < -0.3 is 5.73 Å². The average Bonchev–Trinajstić information content (AvgIpc) is 2.92. The van der Waals surface area contributed by atoms with Crippen molar-refractivity contribution in [2.24, 2.45) is 10.7 Å². The van der Waals surface area contributed by atoms with Gasteiger partial charge in [-0.1, -0.05) is 24.3 Å². The molecule has 0 saturated carbocycles. The minimum Gasteiger partial charge on any atom is -0.369 e. The highest BCUT2D eigenvalue weighted by Gasteiger charge is 2.48. The number of hydrogen-bond acceptors (Lipinski definition) is 4. The van der Waals surface area contributed by atoms with E-state index in [1.807, 2.05) is 0 Å². The minimum absolute atomic E-state index is 0.0929. The van der Waals surface area contributed by atoms with Crippen molar-refractivity contribution in [3.05, 3.63) is 57.3 Å². The van der Waals surface area contributed by atoms with Crippen LogP contribution in [0.5, 0.6) is 0 Å². The van der Waals surface area contributed by atoms with E-state index in [2.05, 4.69) is 4.99 Å². The molecule has 2 aromatic rings. The quantitative estimate of drug-likeness (QED) is 0.796. The van der Waals surface area contributed by atoms with Crippen molar-refractivity contribution < 1.29 is 22.4 Å². The third kappa shape index (κ3) is 3.20. The molecule has 1 aliphatic heterocycles. The van der Waals surface area contributed by atoms with E-state index in [1.165, 1.54) is 31.3 Å². The van der Waals surface area contributed by atoms with Crippen molar-refractivity contribution in [1.29, 1.82) is 0 Å². The van der Waals surface area contributed by atoms with Crippen LogP contribution in [0.4, 0.5) is 17.6 Å². The molecule has 2 N–H and O–H groups in total. The minimum atomic E-state index is -3.03. The predicted octanol–water partition coefficient (Wildman–Crippen LogP) is 3.92. The SMILES string of the molecule is CN1C(=O)[C@H](c2ccc(C(C)(F)F)cc2)[C@@](C)(c2cc(F)c(F)s2)N=C1N. The smallest absolute Gasteiger partial charge is 0.270 e. The van der Waals surface area contributed by atoms with Gasteiger partial charge in [-0.2, -0.15) is 4.39 Å². The Kier molecular flexibility index (Phi) is 4.54. The third-order valence-corrected chi connectivity index (χ3v) is 5.85. The van der Waals surface area contributed by atoms with Crippen molar-refractivity contribution >= 4 is 23.2 Å². The number of thiophene rings is 1. The summed E-state index contributed by atoms with van der Waals surface area (Å²) < 4.78 is 54.2. The van der Waals surface area contributed by atoms with E-state index < -0.39 is 34.2 Å². The first-order chi connectivity index (χ1) is 12.4. The molecule has 2 heterocycles. The maximum Gasteiger partial charge on any atom is 0.270 e. The number of alkyl halides is 2. The van der Waals surface area contributed by atoms with Gasteiger partial charge in [0.15, 0.2) is 11.8 Å². The molecule has 0 aliphatic carbocycles. The Morgan fingerprint density at radius 2 is 1.85 bits per heavy atom. The summed E-state index contributed by atoms with van der Waals surface area (Å²) in [6.07, 6.45) is 0. The van der Waals surface area contributed by atoms with Gasteiger partial charge >= 0.3 is 0 Å². The number of hydrogen-bond donors (Lipinski definition) is 1. The molecular weight excluding hydrogens is 382 g/mol. The number of carbonyl (C=O) groups is 1. The van der Waals surface area contributed by atoms with Gasteiger partial charge in [-0.25, -0.2) is 18.2 Å². The van der Waals surface area contributed by atoms with Crippen LogP contribution in [0.3, 0.4) is 0 Å². The average molecular weight is 399 g/mol. The van der Waals surface area contributed by atoms with Crippen LogP contribution in [-0.2, 0) is 16.3 Å². The molecule has 2 atom stereocenters. The number of likely N-dealkylation sites (N-methyl/N-ethyl adjacent to an activating group) is 1. The zero-order chi connectivity index (χ0) is 20.1. The zero-order valence-electron chi connectivity index (χ0n) is 14.8. The molecule has 0 saturated heterocycles. The maximum atomic E-state index is 13.6. The first-order valence-corrected chi connectivity index (χ1v) is 8.83. The van der Waals surface area contributed by atoms with Crippen molar-refractivity contribution in [3.63, 3.8) is 0 Å². The van der Waals surface area contributed by atoms with E-state index in [1.54, 1.807) is 6.92 Å². The highest BCUT2D eigenvalue weighted by atomic mass is 32.1. The summed E-state index contributed by atoms with van der Waals surface area (Å²) in [6.45, 7) is 2.32. The second kappa shape index (κ2) is 6.33. The molecule has 1 aliphatic rings. The first-order valence-electron chi connectivity index (χ1n) is 8.01. The number of guanidine groups is 1. The molecule has 0 unspecified atom stereocenters. The Morgan fingerprint density at radius 1 is 1.26 bits per heavy atom. The summed E-state index contributed by atoms with van der Waals surface area (Å²) >= 11 is 0.536. The molecule has 9 heteroatoms. The summed E-state index contributed by atoms with van der Waals surface area (Å²) in [7, 11) is 1.43. The van der Waals surface area contributed by atoms with Crippen LogP contribution in [0.15, 0.2) is 35.3 Å². The van der Waals surface area contributed by atoms with E-state index in [4.69, 9.17) is 5.73 Å². The molecule has 0 fully saturated rings. The molecule has 0 spiro atoms. The molecule has 27 heavy (non-hydrogen) atoms. The molecule has 1 aromatic carbocycles. The van der Waals surface area contributed by atoms with Gasteiger partial charge in [0, 0.05) is 24.4 Å². The summed E-state index contributed by atoms with van der Waals surface area (Å²) in [5.41, 5.74) is 4.63. The second-order valence-corrected chi connectivity index (χ2v) is 7.69. The van der Waals surface area contributed by atoms with Gasteiger partial charge in [-0.15, -0.1) is 11.3 Å². The molecular formula is C18H17F4N3OS. The topological polar surface area (TPSA) is 58.7 Å². The number of rotatable bonds is 3. The molecule has 4 nitrogen and oxygen atoms in total. The van der Waals surface area contributed by atoms with Gasteiger partial charge in [0.1, 0.15) is 5.54 Å². The summed E-state index contributed by atoms with van der Waals surface area (Å²) in [6, 6.07) is 6.23. The second-order valence-electron chi connectivity index (χ2n) is 6.69. The van der Waals surface area contributed by atoms with E-state index in [-0.39, 0.29) is 16.4 Å². The number of halogens is 4. The van der Waals surface area contributed by atoms with Crippen molar-refractivity contribution in [2.45, 2.75) is 31.2 Å². The monoisotopic (exact) mass is 399 g/mol. The Bertz CT molecular complexity index is 900. The van der Waals surface area contributed by atoms with Crippen molar-refractivity contribution in [1.82, 2.24) is 4.90 Å². The van der Waals surface area contributed by atoms with Crippen LogP contribution in [0.2, 0.25) is 0 Å². The standard InChI is InChI=1S/C18H17F4N3OS/c1-17(12-8-11(19)14(20)27-12)13(15(26)25(3)16(23)24-17)9-4-6-10(7-5-9)18(2,21)22/h4-8,13H,1-3H3,(H2,23,24)/t13-,17+/m0/s1. The Hall–Kier alpha value is -2.42. The Balaban J connectivity index is 2.16.